The van der Waals surface area contributed by atoms with Crippen LogP contribution < -0.4 is 10.2 Å². The van der Waals surface area contributed by atoms with Crippen molar-refractivity contribution in [1.82, 2.24) is 0 Å². The number of nitrogens with zero attached hydrogens (tertiary/aromatic N) is 1. The first-order valence-electron chi connectivity index (χ1n) is 6.16. The van der Waals surface area contributed by atoms with Crippen molar-refractivity contribution in [3.63, 3.8) is 0 Å². The number of hydrazone groups is 1. The largest absolute Gasteiger partial charge is 0.496 e. The van der Waals surface area contributed by atoms with Crippen molar-refractivity contribution in [1.29, 1.82) is 0 Å². The van der Waals surface area contributed by atoms with Crippen LogP contribution in [0.4, 0.5) is 5.69 Å². The average molecular weight is 384 g/mol. The quantitative estimate of drug-likeness (QED) is 0.598. The zero-order valence-electron chi connectivity index (χ0n) is 11.5. The Morgan fingerprint density at radius 2 is 2.14 bits per heavy atom. The lowest BCUT2D eigenvalue weighted by Gasteiger charge is -2.05. The smallest absolute Gasteiger partial charge is 0.337 e. The Hall–Kier alpha value is -2.05. The van der Waals surface area contributed by atoms with Gasteiger partial charge < -0.3 is 9.84 Å². The van der Waals surface area contributed by atoms with E-state index >= 15 is 0 Å². The summed E-state index contributed by atoms with van der Waals surface area (Å²) in [6.45, 7) is 0. The third-order valence-electron chi connectivity index (χ3n) is 2.78. The third-order valence-corrected chi connectivity index (χ3v) is 3.73. The van der Waals surface area contributed by atoms with Crippen LogP contribution in [0, 0.1) is 0 Å². The molecule has 0 aliphatic rings. The molecular formula is C15H12BrClN2O3. The summed E-state index contributed by atoms with van der Waals surface area (Å²) >= 11 is 9.19. The third kappa shape index (κ3) is 3.99. The van der Waals surface area contributed by atoms with E-state index in [1.165, 1.54) is 12.1 Å². The topological polar surface area (TPSA) is 70.9 Å². The molecule has 2 aromatic carbocycles. The monoisotopic (exact) mass is 382 g/mol. The van der Waals surface area contributed by atoms with Gasteiger partial charge in [0.05, 0.1) is 34.1 Å². The predicted molar refractivity (Wildman–Crippen MR) is 90.3 cm³/mol. The SMILES string of the molecule is COc1ccc(C=NNc2ccc(Cl)c(C(=O)O)c2)cc1Br. The lowest BCUT2D eigenvalue weighted by atomic mass is 10.2. The van der Waals surface area contributed by atoms with Gasteiger partial charge in [0.1, 0.15) is 5.75 Å². The van der Waals surface area contributed by atoms with Gasteiger partial charge in [-0.05, 0) is 57.9 Å². The number of carbonyl (C=O) groups is 1. The zero-order valence-corrected chi connectivity index (χ0v) is 13.9. The molecule has 0 aliphatic carbocycles. The maximum atomic E-state index is 11.0. The Morgan fingerprint density at radius 1 is 1.36 bits per heavy atom. The first-order chi connectivity index (χ1) is 10.5. The van der Waals surface area contributed by atoms with E-state index in [2.05, 4.69) is 26.5 Å². The molecule has 0 aromatic heterocycles. The van der Waals surface area contributed by atoms with Crippen LogP contribution in [0.5, 0.6) is 5.75 Å². The number of rotatable bonds is 5. The van der Waals surface area contributed by atoms with E-state index in [1.807, 2.05) is 18.2 Å². The molecule has 2 aromatic rings. The molecule has 2 N–H and O–H groups in total. The van der Waals surface area contributed by atoms with Crippen molar-refractivity contribution >= 4 is 45.4 Å². The summed E-state index contributed by atoms with van der Waals surface area (Å²) in [6.07, 6.45) is 1.61. The second kappa shape index (κ2) is 7.29. The number of nitrogens with one attached hydrogen (secondary N) is 1. The number of carboxylic acids is 1. The van der Waals surface area contributed by atoms with E-state index in [4.69, 9.17) is 21.4 Å². The summed E-state index contributed by atoms with van der Waals surface area (Å²) < 4.78 is 5.96. The first kappa shape index (κ1) is 16.3. The number of anilines is 1. The van der Waals surface area contributed by atoms with E-state index in [0.29, 0.717) is 5.69 Å². The molecule has 0 atom stereocenters. The Morgan fingerprint density at radius 3 is 2.77 bits per heavy atom. The molecule has 0 heterocycles. The Labute approximate surface area is 140 Å². The number of hydrogen-bond donors (Lipinski definition) is 2. The number of aromatic carboxylic acids is 1. The molecule has 0 fully saturated rings. The molecule has 5 nitrogen and oxygen atoms in total. The highest BCUT2D eigenvalue weighted by atomic mass is 79.9. The standard InChI is InChI=1S/C15H12BrClN2O3/c1-22-14-5-2-9(6-12(14)16)8-18-19-10-3-4-13(17)11(7-10)15(20)21/h2-8,19H,1H3,(H,20,21). The van der Waals surface area contributed by atoms with Gasteiger partial charge in [0.15, 0.2) is 0 Å². The molecule has 0 radical (unpaired) electrons. The van der Waals surface area contributed by atoms with E-state index in [-0.39, 0.29) is 10.6 Å². The fourth-order valence-electron chi connectivity index (χ4n) is 1.70. The van der Waals surface area contributed by atoms with Crippen LogP contribution in [0.3, 0.4) is 0 Å². The van der Waals surface area contributed by atoms with Crippen molar-refractivity contribution in [2.75, 3.05) is 12.5 Å². The number of benzene rings is 2. The van der Waals surface area contributed by atoms with Gasteiger partial charge >= 0.3 is 5.97 Å². The number of halogens is 2. The van der Waals surface area contributed by atoms with Crippen LogP contribution in [-0.4, -0.2) is 24.4 Å². The van der Waals surface area contributed by atoms with Gasteiger partial charge in [0.2, 0.25) is 0 Å². The molecule has 0 aliphatic heterocycles. The molecule has 0 spiro atoms. The van der Waals surface area contributed by atoms with Gasteiger partial charge in [-0.3, -0.25) is 5.43 Å². The van der Waals surface area contributed by atoms with Crippen LogP contribution in [0.15, 0.2) is 46.0 Å². The molecule has 0 amide bonds. The maximum Gasteiger partial charge on any atom is 0.337 e. The second-order valence-electron chi connectivity index (χ2n) is 4.26. The molecule has 0 saturated carbocycles. The van der Waals surface area contributed by atoms with Crippen molar-refractivity contribution in [2.24, 2.45) is 5.10 Å². The van der Waals surface area contributed by atoms with Gasteiger partial charge in [0, 0.05) is 0 Å². The minimum Gasteiger partial charge on any atom is -0.496 e. The second-order valence-corrected chi connectivity index (χ2v) is 5.53. The molecular weight excluding hydrogens is 372 g/mol. The Balaban J connectivity index is 2.11. The summed E-state index contributed by atoms with van der Waals surface area (Å²) in [6, 6.07) is 10.1. The van der Waals surface area contributed by atoms with E-state index < -0.39 is 5.97 Å². The maximum absolute atomic E-state index is 11.0. The van der Waals surface area contributed by atoms with Crippen molar-refractivity contribution in [3.8, 4) is 5.75 Å². The molecule has 0 unspecified atom stereocenters. The Kier molecular flexibility index (Phi) is 5.41. The summed E-state index contributed by atoms with van der Waals surface area (Å²) in [5, 5.41) is 13.3. The molecule has 2 rings (SSSR count). The van der Waals surface area contributed by atoms with Gasteiger partial charge in [-0.2, -0.15) is 5.10 Å². The van der Waals surface area contributed by atoms with E-state index in [9.17, 15) is 4.79 Å². The van der Waals surface area contributed by atoms with Gasteiger partial charge in [0.25, 0.3) is 0 Å². The molecule has 0 saturated heterocycles. The molecule has 114 valence electrons. The lowest BCUT2D eigenvalue weighted by Crippen LogP contribution is -1.99. The zero-order chi connectivity index (χ0) is 16.1. The van der Waals surface area contributed by atoms with Crippen LogP contribution in [-0.2, 0) is 0 Å². The number of carboxylic acid groups (broad SMARTS) is 1. The lowest BCUT2D eigenvalue weighted by molar-refractivity contribution is 0.0697. The minimum absolute atomic E-state index is 0.0223. The first-order valence-corrected chi connectivity index (χ1v) is 7.34. The fourth-order valence-corrected chi connectivity index (χ4v) is 2.46. The summed E-state index contributed by atoms with van der Waals surface area (Å²) in [5.74, 6) is -0.356. The molecule has 22 heavy (non-hydrogen) atoms. The van der Waals surface area contributed by atoms with Gasteiger partial charge in [-0.1, -0.05) is 11.6 Å². The van der Waals surface area contributed by atoms with Crippen molar-refractivity contribution in [2.45, 2.75) is 0 Å². The summed E-state index contributed by atoms with van der Waals surface area (Å²) in [4.78, 5) is 11.0. The molecule has 7 heteroatoms. The van der Waals surface area contributed by atoms with Gasteiger partial charge in [-0.15, -0.1) is 0 Å². The molecule has 0 bridgehead atoms. The number of methoxy groups -OCH3 is 1. The van der Waals surface area contributed by atoms with Crippen LogP contribution >= 0.6 is 27.5 Å². The summed E-state index contributed by atoms with van der Waals surface area (Å²) in [5.41, 5.74) is 4.17. The van der Waals surface area contributed by atoms with Crippen LogP contribution in [0.2, 0.25) is 5.02 Å². The highest BCUT2D eigenvalue weighted by Crippen LogP contribution is 2.25. The normalized spacial score (nSPS) is 10.7. The van der Waals surface area contributed by atoms with E-state index in [1.54, 1.807) is 19.4 Å². The number of hydrogen-bond acceptors (Lipinski definition) is 4. The average Bonchev–Trinajstić information content (AvgIpc) is 2.49. The van der Waals surface area contributed by atoms with E-state index in [0.717, 1.165) is 15.8 Å². The van der Waals surface area contributed by atoms with Gasteiger partial charge in [-0.25, -0.2) is 4.79 Å². The summed E-state index contributed by atoms with van der Waals surface area (Å²) in [7, 11) is 1.59. The highest BCUT2D eigenvalue weighted by Gasteiger charge is 2.08. The van der Waals surface area contributed by atoms with Crippen LogP contribution in [0.25, 0.3) is 0 Å². The van der Waals surface area contributed by atoms with Crippen LogP contribution in [0.1, 0.15) is 15.9 Å². The predicted octanol–water partition coefficient (Wildman–Crippen LogP) is 4.26. The minimum atomic E-state index is -1.09. The van der Waals surface area contributed by atoms with Crippen molar-refractivity contribution < 1.29 is 14.6 Å². The highest BCUT2D eigenvalue weighted by molar-refractivity contribution is 9.10. The van der Waals surface area contributed by atoms with Crippen molar-refractivity contribution in [3.05, 3.63) is 57.0 Å². The fraction of sp³-hybridized carbons (Fsp3) is 0.0667. The number of ether oxygens (including phenoxy) is 1. The Bertz CT molecular complexity index is 735.